The number of hydrogen-bond acceptors (Lipinski definition) is 3. The minimum absolute atomic E-state index is 0.00960. The van der Waals surface area contributed by atoms with Crippen LogP contribution in [0.15, 0.2) is 30.0 Å². The lowest BCUT2D eigenvalue weighted by atomic mass is 10.2. The Labute approximate surface area is 104 Å². The molecule has 0 bridgehead atoms. The van der Waals surface area contributed by atoms with Gasteiger partial charge < -0.3 is 10.7 Å². The number of hydrazine groups is 1. The summed E-state index contributed by atoms with van der Waals surface area (Å²) in [6.45, 7) is 1.62. The molecule has 0 aliphatic rings. The summed E-state index contributed by atoms with van der Waals surface area (Å²) in [6.07, 6.45) is 1.48. The van der Waals surface area contributed by atoms with Gasteiger partial charge >= 0.3 is 0 Å². The molecule has 0 aromatic heterocycles. The fourth-order valence-electron chi connectivity index (χ4n) is 1.23. The molecule has 0 aliphatic heterocycles. The quantitative estimate of drug-likeness (QED) is 0.547. The molecule has 0 aliphatic carbocycles. The average Bonchev–Trinajstić information content (AvgIpc) is 2.34. The lowest BCUT2D eigenvalue weighted by molar-refractivity contribution is -0.117. The van der Waals surface area contributed by atoms with E-state index < -0.39 is 11.6 Å². The van der Waals surface area contributed by atoms with E-state index in [2.05, 4.69) is 16.2 Å². The average molecular weight is 255 g/mol. The van der Waals surface area contributed by atoms with E-state index in [1.807, 2.05) is 0 Å². The zero-order valence-electron chi connectivity index (χ0n) is 10.2. The van der Waals surface area contributed by atoms with Crippen LogP contribution in [0.3, 0.4) is 0 Å². The van der Waals surface area contributed by atoms with E-state index in [1.165, 1.54) is 12.3 Å². The Bertz CT molecular complexity index is 461. The standard InChI is InChI=1S/C12H15F2N3O/c1-8(6-17-15-2)12(18)16-7-9-3-4-10(13)5-11(9)14/h3-6,15,17H,7H2,1-2H3,(H,16,18)/b8-6+. The van der Waals surface area contributed by atoms with Crippen LogP contribution in [0.1, 0.15) is 12.5 Å². The molecule has 0 saturated carbocycles. The Kier molecular flexibility index (Phi) is 5.26. The first kappa shape index (κ1) is 14.1. The predicted molar refractivity (Wildman–Crippen MR) is 64.2 cm³/mol. The second kappa shape index (κ2) is 6.70. The fourth-order valence-corrected chi connectivity index (χ4v) is 1.23. The molecule has 4 nitrogen and oxygen atoms in total. The van der Waals surface area contributed by atoms with Gasteiger partial charge in [0.05, 0.1) is 0 Å². The van der Waals surface area contributed by atoms with Crippen LogP contribution < -0.4 is 16.2 Å². The van der Waals surface area contributed by atoms with Gasteiger partial charge in [0.15, 0.2) is 0 Å². The van der Waals surface area contributed by atoms with Crippen LogP contribution in [-0.2, 0) is 11.3 Å². The third kappa shape index (κ3) is 4.14. The number of amides is 1. The van der Waals surface area contributed by atoms with E-state index in [1.54, 1.807) is 14.0 Å². The van der Waals surface area contributed by atoms with Gasteiger partial charge in [-0.15, -0.1) is 0 Å². The van der Waals surface area contributed by atoms with Gasteiger partial charge in [-0.05, 0) is 13.0 Å². The van der Waals surface area contributed by atoms with Crippen LogP contribution in [-0.4, -0.2) is 13.0 Å². The van der Waals surface area contributed by atoms with Gasteiger partial charge in [-0.25, -0.2) is 14.2 Å². The number of benzene rings is 1. The van der Waals surface area contributed by atoms with Crippen molar-refractivity contribution in [1.82, 2.24) is 16.2 Å². The molecule has 0 fully saturated rings. The molecular formula is C12H15F2N3O. The lowest BCUT2D eigenvalue weighted by Gasteiger charge is -2.07. The number of rotatable bonds is 5. The van der Waals surface area contributed by atoms with Crippen molar-refractivity contribution in [3.63, 3.8) is 0 Å². The van der Waals surface area contributed by atoms with Gasteiger partial charge in [0.1, 0.15) is 11.6 Å². The van der Waals surface area contributed by atoms with Crippen molar-refractivity contribution >= 4 is 5.91 Å². The minimum Gasteiger partial charge on any atom is -0.348 e. The van der Waals surface area contributed by atoms with E-state index in [0.29, 0.717) is 5.57 Å². The van der Waals surface area contributed by atoms with Crippen LogP contribution in [0.2, 0.25) is 0 Å². The Morgan fingerprint density at radius 1 is 1.39 bits per heavy atom. The normalized spacial score (nSPS) is 11.2. The van der Waals surface area contributed by atoms with Crippen molar-refractivity contribution in [2.45, 2.75) is 13.5 Å². The van der Waals surface area contributed by atoms with Crippen molar-refractivity contribution in [3.8, 4) is 0 Å². The molecule has 18 heavy (non-hydrogen) atoms. The van der Waals surface area contributed by atoms with Gasteiger partial charge in [0.2, 0.25) is 5.91 Å². The Balaban J connectivity index is 2.57. The zero-order chi connectivity index (χ0) is 13.5. The minimum atomic E-state index is -0.676. The molecule has 0 unspecified atom stereocenters. The van der Waals surface area contributed by atoms with Crippen molar-refractivity contribution in [2.24, 2.45) is 0 Å². The molecule has 1 amide bonds. The number of carbonyl (C=O) groups is 1. The topological polar surface area (TPSA) is 53.2 Å². The van der Waals surface area contributed by atoms with Crippen molar-refractivity contribution in [2.75, 3.05) is 7.05 Å². The van der Waals surface area contributed by atoms with E-state index >= 15 is 0 Å². The summed E-state index contributed by atoms with van der Waals surface area (Å²) in [5, 5.41) is 2.53. The smallest absolute Gasteiger partial charge is 0.248 e. The van der Waals surface area contributed by atoms with E-state index in [4.69, 9.17) is 0 Å². The maximum Gasteiger partial charge on any atom is 0.248 e. The lowest BCUT2D eigenvalue weighted by Crippen LogP contribution is -2.27. The summed E-state index contributed by atoms with van der Waals surface area (Å²) in [5.74, 6) is -1.65. The molecule has 6 heteroatoms. The molecule has 0 saturated heterocycles. The largest absolute Gasteiger partial charge is 0.348 e. The molecule has 1 rings (SSSR count). The first-order chi connectivity index (χ1) is 8.54. The maximum absolute atomic E-state index is 13.3. The van der Waals surface area contributed by atoms with Crippen LogP contribution in [0.25, 0.3) is 0 Å². The highest BCUT2D eigenvalue weighted by molar-refractivity contribution is 5.92. The second-order valence-corrected chi connectivity index (χ2v) is 3.64. The third-order valence-electron chi connectivity index (χ3n) is 2.25. The van der Waals surface area contributed by atoms with E-state index in [9.17, 15) is 13.6 Å². The number of carbonyl (C=O) groups excluding carboxylic acids is 1. The predicted octanol–water partition coefficient (Wildman–Crippen LogP) is 1.21. The monoisotopic (exact) mass is 255 g/mol. The Hall–Kier alpha value is -1.95. The van der Waals surface area contributed by atoms with Gasteiger partial charge in [-0.3, -0.25) is 4.79 Å². The fraction of sp³-hybridized carbons (Fsp3) is 0.250. The summed E-state index contributed by atoms with van der Waals surface area (Å²) < 4.78 is 25.9. The molecule has 0 heterocycles. The molecule has 0 radical (unpaired) electrons. The highest BCUT2D eigenvalue weighted by atomic mass is 19.1. The SMILES string of the molecule is CNN/C=C(\C)C(=O)NCc1ccc(F)cc1F. The molecule has 0 spiro atoms. The van der Waals surface area contributed by atoms with Crippen molar-refractivity contribution < 1.29 is 13.6 Å². The highest BCUT2D eigenvalue weighted by Gasteiger charge is 2.07. The highest BCUT2D eigenvalue weighted by Crippen LogP contribution is 2.09. The summed E-state index contributed by atoms with van der Waals surface area (Å²) in [4.78, 5) is 11.6. The van der Waals surface area contributed by atoms with Crippen LogP contribution in [0.5, 0.6) is 0 Å². The first-order valence-corrected chi connectivity index (χ1v) is 5.35. The van der Waals surface area contributed by atoms with Crippen molar-refractivity contribution in [3.05, 3.63) is 47.2 Å². The van der Waals surface area contributed by atoms with Gasteiger partial charge in [-0.2, -0.15) is 0 Å². The second-order valence-electron chi connectivity index (χ2n) is 3.64. The molecule has 1 aromatic carbocycles. The molecule has 0 atom stereocenters. The first-order valence-electron chi connectivity index (χ1n) is 5.35. The van der Waals surface area contributed by atoms with Crippen LogP contribution in [0, 0.1) is 11.6 Å². The Morgan fingerprint density at radius 2 is 2.11 bits per heavy atom. The summed E-state index contributed by atoms with van der Waals surface area (Å²) in [5.41, 5.74) is 5.96. The Morgan fingerprint density at radius 3 is 2.72 bits per heavy atom. The van der Waals surface area contributed by atoms with Gasteiger partial charge in [0.25, 0.3) is 0 Å². The van der Waals surface area contributed by atoms with E-state index in [0.717, 1.165) is 12.1 Å². The summed E-state index contributed by atoms with van der Waals surface area (Å²) in [6, 6.07) is 3.23. The number of nitrogens with one attached hydrogen (secondary N) is 3. The zero-order valence-corrected chi connectivity index (χ0v) is 10.2. The third-order valence-corrected chi connectivity index (χ3v) is 2.25. The maximum atomic E-state index is 13.3. The summed E-state index contributed by atoms with van der Waals surface area (Å²) >= 11 is 0. The molecule has 1 aromatic rings. The van der Waals surface area contributed by atoms with E-state index in [-0.39, 0.29) is 18.0 Å². The number of hydrogen-bond donors (Lipinski definition) is 3. The molecular weight excluding hydrogens is 240 g/mol. The van der Waals surface area contributed by atoms with Crippen LogP contribution >= 0.6 is 0 Å². The number of halogens is 2. The molecule has 98 valence electrons. The summed E-state index contributed by atoms with van der Waals surface area (Å²) in [7, 11) is 1.66. The molecule has 3 N–H and O–H groups in total. The van der Waals surface area contributed by atoms with Gasteiger partial charge in [-0.1, -0.05) is 6.07 Å². The van der Waals surface area contributed by atoms with Crippen LogP contribution in [0.4, 0.5) is 8.78 Å². The van der Waals surface area contributed by atoms with Crippen molar-refractivity contribution in [1.29, 1.82) is 0 Å². The van der Waals surface area contributed by atoms with Gasteiger partial charge in [0, 0.05) is 37.0 Å².